The molecule has 1 aliphatic heterocycles. The second-order valence-corrected chi connectivity index (χ2v) is 12.8. The number of ether oxygens (including phenoxy) is 1. The Kier molecular flexibility index (Phi) is 4.97. The topological polar surface area (TPSA) is 12.5 Å². The molecule has 5 rings (SSSR count). The minimum atomic E-state index is 0.600. The van der Waals surface area contributed by atoms with E-state index in [9.17, 15) is 0 Å². The van der Waals surface area contributed by atoms with E-state index in [1.54, 1.807) is 6.42 Å². The second-order valence-electron chi connectivity index (χ2n) is 12.8. The monoisotopic (exact) mass is 386 g/mol. The van der Waals surface area contributed by atoms with Crippen LogP contribution in [0.4, 0.5) is 0 Å². The van der Waals surface area contributed by atoms with E-state index in [-0.39, 0.29) is 0 Å². The highest BCUT2D eigenvalue weighted by atomic mass is 16.6. The molecule has 0 bridgehead atoms. The SMILES string of the molecule is CC(C)CCC[C@H](C)[C@@H]1CC[C@@H]2[C@@H]3CC[C@H]4C[C@@H]5O[C@@H]5C[C@]4(C)[C@@H]3CC[C@@]21C. The highest BCUT2D eigenvalue weighted by Gasteiger charge is 2.63. The van der Waals surface area contributed by atoms with Crippen LogP contribution >= 0.6 is 0 Å². The first-order valence-corrected chi connectivity index (χ1v) is 13.0. The predicted molar refractivity (Wildman–Crippen MR) is 117 cm³/mol. The fourth-order valence-corrected chi connectivity index (χ4v) is 9.54. The Hall–Kier alpha value is -0.0400. The van der Waals surface area contributed by atoms with Gasteiger partial charge in [0.2, 0.25) is 0 Å². The summed E-state index contributed by atoms with van der Waals surface area (Å²) in [6.07, 6.45) is 17.6. The molecule has 0 aromatic rings. The van der Waals surface area contributed by atoms with Crippen molar-refractivity contribution < 1.29 is 4.74 Å². The van der Waals surface area contributed by atoms with Gasteiger partial charge < -0.3 is 4.74 Å². The molecule has 10 atom stereocenters. The molecule has 0 unspecified atom stereocenters. The Labute approximate surface area is 174 Å². The lowest BCUT2D eigenvalue weighted by Crippen LogP contribution is -2.54. The molecule has 0 aromatic carbocycles. The Morgan fingerprint density at radius 2 is 1.64 bits per heavy atom. The first-order valence-electron chi connectivity index (χ1n) is 13.0. The maximum atomic E-state index is 6.02. The normalized spacial score (nSPS) is 53.1. The average molecular weight is 387 g/mol. The van der Waals surface area contributed by atoms with Crippen molar-refractivity contribution in [3.8, 4) is 0 Å². The summed E-state index contributed by atoms with van der Waals surface area (Å²) >= 11 is 0. The van der Waals surface area contributed by atoms with Crippen LogP contribution in [-0.4, -0.2) is 12.2 Å². The lowest BCUT2D eigenvalue weighted by atomic mass is 9.44. The molecule has 0 radical (unpaired) electrons. The molecule has 160 valence electrons. The van der Waals surface area contributed by atoms with Crippen LogP contribution in [0.5, 0.6) is 0 Å². The lowest BCUT2D eigenvalue weighted by molar-refractivity contribution is -0.110. The first-order chi connectivity index (χ1) is 13.3. The van der Waals surface area contributed by atoms with E-state index in [1.165, 1.54) is 64.2 Å². The zero-order chi connectivity index (χ0) is 19.7. The predicted octanol–water partition coefficient (Wildman–Crippen LogP) is 7.49. The molecule has 0 amide bonds. The van der Waals surface area contributed by atoms with Gasteiger partial charge in [0.1, 0.15) is 0 Å². The Balaban J connectivity index is 1.30. The summed E-state index contributed by atoms with van der Waals surface area (Å²) in [6.45, 7) is 12.8. The highest BCUT2D eigenvalue weighted by molar-refractivity contribution is 5.12. The van der Waals surface area contributed by atoms with Crippen LogP contribution in [0.25, 0.3) is 0 Å². The second kappa shape index (κ2) is 7.00. The summed E-state index contributed by atoms with van der Waals surface area (Å²) in [5.41, 5.74) is 1.25. The molecule has 5 aliphatic rings. The van der Waals surface area contributed by atoms with Gasteiger partial charge in [-0.15, -0.1) is 0 Å². The van der Waals surface area contributed by atoms with Crippen molar-refractivity contribution in [1.82, 2.24) is 0 Å². The van der Waals surface area contributed by atoms with Crippen LogP contribution in [0.3, 0.4) is 0 Å². The third-order valence-electron chi connectivity index (χ3n) is 11.1. The van der Waals surface area contributed by atoms with E-state index >= 15 is 0 Å². The third-order valence-corrected chi connectivity index (χ3v) is 11.1. The van der Waals surface area contributed by atoms with Crippen molar-refractivity contribution in [3.63, 3.8) is 0 Å². The number of hydrogen-bond donors (Lipinski definition) is 0. The van der Waals surface area contributed by atoms with Gasteiger partial charge in [-0.1, -0.05) is 53.9 Å². The summed E-state index contributed by atoms with van der Waals surface area (Å²) in [5, 5.41) is 0. The highest BCUT2D eigenvalue weighted by Crippen LogP contribution is 2.69. The first kappa shape index (κ1) is 19.9. The molecule has 0 N–H and O–H groups in total. The summed E-state index contributed by atoms with van der Waals surface area (Å²) in [4.78, 5) is 0. The third kappa shape index (κ3) is 3.04. The van der Waals surface area contributed by atoms with Crippen LogP contribution in [0.15, 0.2) is 0 Å². The van der Waals surface area contributed by atoms with Crippen LogP contribution in [0, 0.1) is 52.3 Å². The zero-order valence-electron chi connectivity index (χ0n) is 19.4. The van der Waals surface area contributed by atoms with Crippen molar-refractivity contribution >= 4 is 0 Å². The van der Waals surface area contributed by atoms with Gasteiger partial charge in [-0.05, 0) is 104 Å². The van der Waals surface area contributed by atoms with E-state index in [1.807, 2.05) is 0 Å². The standard InChI is InChI=1S/C27H46O/c1-17(2)7-6-8-18(3)21-11-12-22-20-10-9-19-15-24-25(28-24)16-27(19,5)23(20)13-14-26(21,22)4/h17-25H,6-16H2,1-5H3/t18-,19-,20-,21-,22+,23+,24-,25+,26+,27-/m0/s1. The van der Waals surface area contributed by atoms with Gasteiger partial charge >= 0.3 is 0 Å². The molecule has 4 aliphatic carbocycles. The van der Waals surface area contributed by atoms with E-state index < -0.39 is 0 Å². The summed E-state index contributed by atoms with van der Waals surface area (Å²) < 4.78 is 6.02. The fourth-order valence-electron chi connectivity index (χ4n) is 9.54. The fraction of sp³-hybridized carbons (Fsp3) is 1.00. The Bertz CT molecular complexity index is 583. The van der Waals surface area contributed by atoms with E-state index in [2.05, 4.69) is 34.6 Å². The van der Waals surface area contributed by atoms with Gasteiger partial charge in [-0.3, -0.25) is 0 Å². The van der Waals surface area contributed by atoms with Crippen molar-refractivity contribution in [1.29, 1.82) is 0 Å². The summed E-state index contributed by atoms with van der Waals surface area (Å²) in [5.74, 6) is 6.84. The number of rotatable bonds is 5. The van der Waals surface area contributed by atoms with Crippen LogP contribution in [0.1, 0.15) is 105 Å². The minimum absolute atomic E-state index is 0.600. The van der Waals surface area contributed by atoms with Crippen LogP contribution in [-0.2, 0) is 4.74 Å². The molecule has 0 spiro atoms. The molecule has 5 fully saturated rings. The van der Waals surface area contributed by atoms with Crippen molar-refractivity contribution in [2.75, 3.05) is 0 Å². The number of epoxide rings is 1. The van der Waals surface area contributed by atoms with Crippen molar-refractivity contribution in [2.45, 2.75) is 117 Å². The van der Waals surface area contributed by atoms with Crippen molar-refractivity contribution in [2.24, 2.45) is 52.3 Å². The molecule has 0 aromatic heterocycles. The number of fused-ring (bicyclic) bond motifs is 6. The van der Waals surface area contributed by atoms with Gasteiger partial charge in [0.15, 0.2) is 0 Å². The maximum absolute atomic E-state index is 6.02. The Morgan fingerprint density at radius 3 is 2.43 bits per heavy atom. The largest absolute Gasteiger partial charge is 0.370 e. The molecule has 1 heterocycles. The minimum Gasteiger partial charge on any atom is -0.370 e. The molecule has 4 saturated carbocycles. The molecular weight excluding hydrogens is 340 g/mol. The summed E-state index contributed by atoms with van der Waals surface area (Å²) in [7, 11) is 0. The molecule has 1 heteroatoms. The quantitative estimate of drug-likeness (QED) is 0.446. The van der Waals surface area contributed by atoms with Crippen LogP contribution in [0.2, 0.25) is 0 Å². The van der Waals surface area contributed by atoms with Crippen molar-refractivity contribution in [3.05, 3.63) is 0 Å². The lowest BCUT2D eigenvalue weighted by Gasteiger charge is -2.60. The van der Waals surface area contributed by atoms with Crippen LogP contribution < -0.4 is 0 Å². The van der Waals surface area contributed by atoms with Gasteiger partial charge in [-0.2, -0.15) is 0 Å². The smallest absolute Gasteiger partial charge is 0.0847 e. The average Bonchev–Trinajstić information content (AvgIpc) is 3.27. The molecule has 1 nitrogen and oxygen atoms in total. The molecule has 1 saturated heterocycles. The molecular formula is C27H46O. The molecule has 28 heavy (non-hydrogen) atoms. The maximum Gasteiger partial charge on any atom is 0.0847 e. The van der Waals surface area contributed by atoms with Gasteiger partial charge in [0.05, 0.1) is 12.2 Å². The van der Waals surface area contributed by atoms with E-state index in [4.69, 9.17) is 4.74 Å². The summed E-state index contributed by atoms with van der Waals surface area (Å²) in [6, 6.07) is 0. The Morgan fingerprint density at radius 1 is 0.857 bits per heavy atom. The zero-order valence-corrected chi connectivity index (χ0v) is 19.4. The van der Waals surface area contributed by atoms with E-state index in [0.717, 1.165) is 41.4 Å². The van der Waals surface area contributed by atoms with E-state index in [0.29, 0.717) is 23.0 Å². The van der Waals surface area contributed by atoms with Gasteiger partial charge in [-0.25, -0.2) is 0 Å². The number of hydrogen-bond acceptors (Lipinski definition) is 1. The van der Waals surface area contributed by atoms with Gasteiger partial charge in [0, 0.05) is 0 Å². The van der Waals surface area contributed by atoms with Gasteiger partial charge in [0.25, 0.3) is 0 Å².